The third-order valence-electron chi connectivity index (χ3n) is 3.68. The topological polar surface area (TPSA) is 94.9 Å². The summed E-state index contributed by atoms with van der Waals surface area (Å²) in [6.45, 7) is 10.5. The number of likely N-dealkylation sites (tertiary alicyclic amines) is 1. The summed E-state index contributed by atoms with van der Waals surface area (Å²) < 4.78 is 31.6. The van der Waals surface area contributed by atoms with Crippen LogP contribution < -0.4 is 29.6 Å². The van der Waals surface area contributed by atoms with Gasteiger partial charge < -0.3 is 11.8 Å². The molecule has 0 aromatic carbocycles. The summed E-state index contributed by atoms with van der Waals surface area (Å²) >= 11 is 0. The van der Waals surface area contributed by atoms with Gasteiger partial charge in [0.05, 0.1) is 0 Å². The summed E-state index contributed by atoms with van der Waals surface area (Å²) in [5, 5.41) is 0. The Kier molecular flexibility index (Phi) is 25.3. The second-order valence-electron chi connectivity index (χ2n) is 6.00. The molecule has 0 bridgehead atoms. The predicted molar refractivity (Wildman–Crippen MR) is 103 cm³/mol. The molecule has 1 saturated heterocycles. The Morgan fingerprint density at radius 3 is 1.77 bits per heavy atom. The van der Waals surface area contributed by atoms with Crippen molar-refractivity contribution in [2.45, 2.75) is 84.0 Å². The number of rotatable bonds is 10. The minimum absolute atomic E-state index is 0. The number of hydrogen-bond acceptors (Lipinski definition) is 3. The molecule has 0 radical (unpaired) electrons. The van der Waals surface area contributed by atoms with Crippen LogP contribution in [-0.4, -0.2) is 34.9 Å². The molecule has 1 aliphatic rings. The zero-order valence-corrected chi connectivity index (χ0v) is 19.5. The van der Waals surface area contributed by atoms with Crippen molar-refractivity contribution in [3.63, 3.8) is 0 Å². The largest absolute Gasteiger partial charge is 1.00 e. The normalized spacial score (nSPS) is 13.1. The summed E-state index contributed by atoms with van der Waals surface area (Å²) in [4.78, 5) is 12.3. The van der Waals surface area contributed by atoms with Crippen molar-refractivity contribution in [1.82, 2.24) is 4.90 Å². The Labute approximate surface area is 182 Å². The fourth-order valence-corrected chi connectivity index (χ4v) is 2.35. The van der Waals surface area contributed by atoms with Crippen LogP contribution in [0.25, 0.3) is 0 Å². The van der Waals surface area contributed by atoms with Crippen molar-refractivity contribution in [1.29, 1.82) is 0 Å². The number of hydrogen-bond donors (Lipinski definition) is 2. The third kappa shape index (κ3) is 28.9. The molecule has 0 aromatic rings. The standard InChI is InChI=1S/C12H25.C6H9NO.Na.H2O4S/c1-3-5-7-9-11-12-10-8-6-4-2;1-2-7-5-3-4-6(7)8;;1-5(2,3)4/h1,3-12H2,2H3;2H,1,3-5H2;;(H2,1,2,3,4)/q-1;;+1;. The Balaban J connectivity index is -0.000000327. The average Bonchev–Trinajstić information content (AvgIpc) is 2.94. The predicted octanol–water partition coefficient (Wildman–Crippen LogP) is 1.84. The minimum Gasteiger partial charge on any atom is -0.343 e. The number of carbonyl (C=O) groups excluding carboxylic acids is 1. The van der Waals surface area contributed by atoms with E-state index < -0.39 is 10.4 Å². The molecule has 150 valence electrons. The van der Waals surface area contributed by atoms with E-state index >= 15 is 0 Å². The molecule has 0 aliphatic carbocycles. The van der Waals surface area contributed by atoms with E-state index in [9.17, 15) is 4.79 Å². The second-order valence-corrected chi connectivity index (χ2v) is 6.90. The number of unbranched alkanes of at least 4 members (excludes halogenated alkanes) is 9. The van der Waals surface area contributed by atoms with Gasteiger partial charge in [0, 0.05) is 13.0 Å². The first kappa shape index (κ1) is 30.8. The molecule has 0 saturated carbocycles. The maximum atomic E-state index is 10.7. The van der Waals surface area contributed by atoms with E-state index in [0.29, 0.717) is 6.42 Å². The molecule has 1 heterocycles. The van der Waals surface area contributed by atoms with Crippen LogP contribution in [0.1, 0.15) is 84.0 Å². The molecule has 6 nitrogen and oxygen atoms in total. The van der Waals surface area contributed by atoms with Gasteiger partial charge in [-0.1, -0.05) is 71.3 Å². The van der Waals surface area contributed by atoms with E-state index in [1.165, 1.54) is 57.8 Å². The summed E-state index contributed by atoms with van der Waals surface area (Å²) in [5.41, 5.74) is 0. The number of carbonyl (C=O) groups is 1. The molecular weight excluding hydrogens is 365 g/mol. The van der Waals surface area contributed by atoms with Gasteiger partial charge in [0.2, 0.25) is 5.91 Å². The van der Waals surface area contributed by atoms with E-state index in [1.54, 1.807) is 11.1 Å². The molecule has 26 heavy (non-hydrogen) atoms. The molecule has 1 fully saturated rings. The zero-order valence-electron chi connectivity index (χ0n) is 16.7. The molecule has 8 heteroatoms. The third-order valence-corrected chi connectivity index (χ3v) is 3.68. The van der Waals surface area contributed by atoms with Crippen LogP contribution in [0.2, 0.25) is 0 Å². The van der Waals surface area contributed by atoms with Crippen molar-refractivity contribution in [3.8, 4) is 0 Å². The van der Waals surface area contributed by atoms with Crippen molar-refractivity contribution in [3.05, 3.63) is 19.7 Å². The van der Waals surface area contributed by atoms with E-state index in [0.717, 1.165) is 19.4 Å². The van der Waals surface area contributed by atoms with Crippen LogP contribution in [0.4, 0.5) is 0 Å². The fraction of sp³-hybridized carbons (Fsp3) is 0.778. The van der Waals surface area contributed by atoms with Crippen molar-refractivity contribution >= 4 is 16.3 Å². The summed E-state index contributed by atoms with van der Waals surface area (Å²) in [6, 6.07) is 0. The molecular formula is C18H36NNaO5S. The smallest absolute Gasteiger partial charge is 0.343 e. The van der Waals surface area contributed by atoms with Crippen molar-refractivity contribution < 1.29 is 51.9 Å². The van der Waals surface area contributed by atoms with Crippen LogP contribution in [0.3, 0.4) is 0 Å². The Morgan fingerprint density at radius 1 is 1.08 bits per heavy atom. The molecule has 2 N–H and O–H groups in total. The van der Waals surface area contributed by atoms with Crippen LogP contribution in [0.15, 0.2) is 12.8 Å². The average molecular weight is 402 g/mol. The first-order chi connectivity index (χ1) is 11.8. The van der Waals surface area contributed by atoms with Gasteiger partial charge in [-0.3, -0.25) is 13.9 Å². The Morgan fingerprint density at radius 2 is 1.50 bits per heavy atom. The van der Waals surface area contributed by atoms with E-state index in [2.05, 4.69) is 20.4 Å². The molecule has 1 rings (SSSR count). The van der Waals surface area contributed by atoms with Gasteiger partial charge in [-0.15, -0.1) is 0 Å². The zero-order chi connectivity index (χ0) is 19.6. The van der Waals surface area contributed by atoms with Gasteiger partial charge in [0.25, 0.3) is 0 Å². The number of nitrogens with zero attached hydrogens (tertiary/aromatic N) is 1. The quantitative estimate of drug-likeness (QED) is 0.252. The maximum absolute atomic E-state index is 10.7. The van der Waals surface area contributed by atoms with Crippen molar-refractivity contribution in [2.75, 3.05) is 6.54 Å². The first-order valence-electron chi connectivity index (χ1n) is 9.17. The number of amides is 1. The Bertz CT molecular complexity index is 411. The van der Waals surface area contributed by atoms with Crippen molar-refractivity contribution in [2.24, 2.45) is 0 Å². The van der Waals surface area contributed by atoms with E-state index in [1.807, 2.05) is 0 Å². The van der Waals surface area contributed by atoms with E-state index in [-0.39, 0.29) is 35.5 Å². The molecule has 0 spiro atoms. The molecule has 1 aliphatic heterocycles. The van der Waals surface area contributed by atoms with Crippen LogP contribution in [-0.2, 0) is 15.2 Å². The SMILES string of the molecule is C=CN1CCCC1=O.O=S(=O)(O)O.[CH2-]CCCCCCCCCCC.[Na+]. The van der Waals surface area contributed by atoms with E-state index in [4.69, 9.17) is 17.5 Å². The maximum Gasteiger partial charge on any atom is 1.00 e. The monoisotopic (exact) mass is 401 g/mol. The van der Waals surface area contributed by atoms with Crippen LogP contribution in [0, 0.1) is 6.92 Å². The van der Waals surface area contributed by atoms with Gasteiger partial charge in [-0.05, 0) is 12.6 Å². The van der Waals surface area contributed by atoms with Gasteiger partial charge >= 0.3 is 40.0 Å². The summed E-state index contributed by atoms with van der Waals surface area (Å²) in [5.74, 6) is 0.208. The van der Waals surface area contributed by atoms with Crippen LogP contribution in [0.5, 0.6) is 0 Å². The Hall–Kier alpha value is 0.0800. The molecule has 0 unspecified atom stereocenters. The van der Waals surface area contributed by atoms with Gasteiger partial charge in [0.1, 0.15) is 0 Å². The first-order valence-corrected chi connectivity index (χ1v) is 10.6. The molecule has 1 amide bonds. The minimum atomic E-state index is -4.67. The van der Waals surface area contributed by atoms with Gasteiger partial charge in [-0.25, -0.2) is 0 Å². The van der Waals surface area contributed by atoms with Gasteiger partial charge in [-0.2, -0.15) is 14.8 Å². The fourth-order valence-electron chi connectivity index (χ4n) is 2.35. The van der Waals surface area contributed by atoms with Gasteiger partial charge in [0.15, 0.2) is 0 Å². The molecule has 0 aromatic heterocycles. The van der Waals surface area contributed by atoms with Crippen LogP contribution >= 0.6 is 0 Å². The summed E-state index contributed by atoms with van der Waals surface area (Å²) in [6.07, 6.45) is 17.2. The summed E-state index contributed by atoms with van der Waals surface area (Å²) in [7, 11) is -4.67. The second kappa shape index (κ2) is 21.4. The molecule has 0 atom stereocenters.